The zero-order valence-corrected chi connectivity index (χ0v) is 15.3. The van der Waals surface area contributed by atoms with Crippen molar-refractivity contribution in [3.8, 4) is 28.8 Å². The van der Waals surface area contributed by atoms with Crippen molar-refractivity contribution < 1.29 is 26.8 Å². The van der Waals surface area contributed by atoms with Crippen LogP contribution in [0.25, 0.3) is 23.0 Å². The molecule has 27 heavy (non-hydrogen) atoms. The Bertz CT molecular complexity index is 1040. The van der Waals surface area contributed by atoms with Crippen molar-refractivity contribution in [3.63, 3.8) is 0 Å². The molecule has 1 fully saturated rings. The van der Waals surface area contributed by atoms with Crippen LogP contribution in [-0.2, 0) is 14.8 Å². The number of rotatable bonds is 5. The number of sulfonamides is 1. The first-order valence-corrected chi connectivity index (χ1v) is 9.69. The molecule has 3 aromatic rings. The molecule has 0 radical (unpaired) electrons. The molecule has 1 aliphatic rings. The number of morpholine rings is 1. The Morgan fingerprint density at radius 1 is 1.11 bits per heavy atom. The van der Waals surface area contributed by atoms with Crippen LogP contribution in [-0.4, -0.2) is 56.3 Å². The lowest BCUT2D eigenvalue weighted by atomic mass is 10.2. The second-order valence-corrected chi connectivity index (χ2v) is 7.63. The van der Waals surface area contributed by atoms with Crippen molar-refractivity contribution in [2.24, 2.45) is 0 Å². The lowest BCUT2D eigenvalue weighted by molar-refractivity contribution is 0.0724. The first-order valence-electron chi connectivity index (χ1n) is 8.25. The van der Waals surface area contributed by atoms with Crippen molar-refractivity contribution in [2.75, 3.05) is 33.4 Å². The third kappa shape index (κ3) is 3.34. The summed E-state index contributed by atoms with van der Waals surface area (Å²) in [6.07, 6.45) is 0. The van der Waals surface area contributed by atoms with Crippen LogP contribution < -0.4 is 4.74 Å². The van der Waals surface area contributed by atoms with Crippen LogP contribution in [0.2, 0.25) is 0 Å². The van der Waals surface area contributed by atoms with Gasteiger partial charge in [-0.1, -0.05) is 17.3 Å². The molecule has 10 heteroatoms. The zero-order chi connectivity index (χ0) is 18.9. The molecular formula is C17H17N3O6S. The van der Waals surface area contributed by atoms with Crippen LogP contribution >= 0.6 is 0 Å². The van der Waals surface area contributed by atoms with E-state index in [1.54, 1.807) is 19.2 Å². The summed E-state index contributed by atoms with van der Waals surface area (Å²) in [5.74, 6) is 1.17. The third-order valence-electron chi connectivity index (χ3n) is 4.13. The topological polar surface area (TPSA) is 108 Å². The van der Waals surface area contributed by atoms with Gasteiger partial charge in [-0.3, -0.25) is 0 Å². The number of nitrogens with zero attached hydrogens (tertiary/aromatic N) is 3. The van der Waals surface area contributed by atoms with Crippen molar-refractivity contribution in [1.29, 1.82) is 0 Å². The molecule has 1 saturated heterocycles. The van der Waals surface area contributed by atoms with Crippen molar-refractivity contribution in [3.05, 3.63) is 36.4 Å². The van der Waals surface area contributed by atoms with Crippen LogP contribution in [0, 0.1) is 0 Å². The van der Waals surface area contributed by atoms with Crippen molar-refractivity contribution in [1.82, 2.24) is 14.4 Å². The van der Waals surface area contributed by atoms with Gasteiger partial charge >= 0.3 is 0 Å². The van der Waals surface area contributed by atoms with Gasteiger partial charge in [0.2, 0.25) is 10.9 Å². The highest BCUT2D eigenvalue weighted by molar-refractivity contribution is 7.89. The standard InChI is InChI=1S/C17H17N3O6S/c1-23-13-5-3-2-4-12(13)16-18-17(26-19-16)14-6-7-15(25-14)27(21,22)20-8-10-24-11-9-20/h2-7H,8-11H2,1H3. The van der Waals surface area contributed by atoms with E-state index >= 15 is 0 Å². The summed E-state index contributed by atoms with van der Waals surface area (Å²) in [5, 5.41) is 3.76. The average molecular weight is 391 g/mol. The second-order valence-electron chi connectivity index (χ2n) is 5.76. The highest BCUT2D eigenvalue weighted by Crippen LogP contribution is 2.31. The van der Waals surface area contributed by atoms with Crippen LogP contribution in [0.4, 0.5) is 0 Å². The first-order chi connectivity index (χ1) is 13.1. The third-order valence-corrected chi connectivity index (χ3v) is 5.90. The SMILES string of the molecule is COc1ccccc1-c1noc(-c2ccc(S(=O)(=O)N3CCOCC3)o2)n1. The summed E-state index contributed by atoms with van der Waals surface area (Å²) in [5.41, 5.74) is 0.655. The van der Waals surface area contributed by atoms with Gasteiger partial charge in [0.05, 0.1) is 25.9 Å². The highest BCUT2D eigenvalue weighted by atomic mass is 32.2. The fraction of sp³-hybridized carbons (Fsp3) is 0.294. The van der Waals surface area contributed by atoms with Crippen LogP contribution in [0.15, 0.2) is 50.4 Å². The summed E-state index contributed by atoms with van der Waals surface area (Å²) >= 11 is 0. The molecule has 1 aliphatic heterocycles. The minimum Gasteiger partial charge on any atom is -0.496 e. The van der Waals surface area contributed by atoms with E-state index in [0.29, 0.717) is 30.4 Å². The molecule has 0 amide bonds. The number of aromatic nitrogens is 2. The van der Waals surface area contributed by atoms with Crippen molar-refractivity contribution in [2.45, 2.75) is 5.09 Å². The number of ether oxygens (including phenoxy) is 2. The van der Waals surface area contributed by atoms with E-state index in [2.05, 4.69) is 10.1 Å². The maximum absolute atomic E-state index is 12.6. The number of furan rings is 1. The fourth-order valence-corrected chi connectivity index (χ4v) is 4.07. The molecular weight excluding hydrogens is 374 g/mol. The molecule has 0 spiro atoms. The van der Waals surface area contributed by atoms with E-state index in [1.807, 2.05) is 12.1 Å². The van der Waals surface area contributed by atoms with Gasteiger partial charge in [-0.05, 0) is 24.3 Å². The van der Waals surface area contributed by atoms with Gasteiger partial charge in [0.25, 0.3) is 15.9 Å². The van der Waals surface area contributed by atoms with Crippen molar-refractivity contribution >= 4 is 10.0 Å². The molecule has 0 aliphatic carbocycles. The summed E-state index contributed by atoms with van der Waals surface area (Å²) in [4.78, 5) is 4.29. The summed E-state index contributed by atoms with van der Waals surface area (Å²) in [6, 6.07) is 10.1. The molecule has 1 aromatic carbocycles. The number of hydrogen-bond donors (Lipinski definition) is 0. The Hall–Kier alpha value is -2.69. The summed E-state index contributed by atoms with van der Waals surface area (Å²) in [6.45, 7) is 1.30. The summed E-state index contributed by atoms with van der Waals surface area (Å²) in [7, 11) is -2.18. The smallest absolute Gasteiger partial charge is 0.294 e. The zero-order valence-electron chi connectivity index (χ0n) is 14.5. The van der Waals surface area contributed by atoms with Crippen LogP contribution in [0.5, 0.6) is 5.75 Å². The molecule has 0 unspecified atom stereocenters. The van der Waals surface area contributed by atoms with E-state index in [4.69, 9.17) is 18.4 Å². The van der Waals surface area contributed by atoms with E-state index in [1.165, 1.54) is 16.4 Å². The maximum Gasteiger partial charge on any atom is 0.294 e. The second kappa shape index (κ2) is 7.14. The lowest BCUT2D eigenvalue weighted by Gasteiger charge is -2.24. The van der Waals surface area contributed by atoms with Gasteiger partial charge < -0.3 is 18.4 Å². The molecule has 142 valence electrons. The van der Waals surface area contributed by atoms with E-state index in [-0.39, 0.29) is 29.8 Å². The quantitative estimate of drug-likeness (QED) is 0.650. The molecule has 2 aromatic heterocycles. The summed E-state index contributed by atoms with van der Waals surface area (Å²) < 4.78 is 47.8. The molecule has 0 bridgehead atoms. The van der Waals surface area contributed by atoms with Gasteiger partial charge in [-0.25, -0.2) is 8.42 Å². The largest absolute Gasteiger partial charge is 0.496 e. The van der Waals surface area contributed by atoms with E-state index < -0.39 is 10.0 Å². The number of benzene rings is 1. The first kappa shape index (κ1) is 17.7. The van der Waals surface area contributed by atoms with E-state index in [0.717, 1.165) is 0 Å². The minimum absolute atomic E-state index is 0.0827. The average Bonchev–Trinajstić information content (AvgIpc) is 3.38. The van der Waals surface area contributed by atoms with Gasteiger partial charge in [-0.2, -0.15) is 9.29 Å². The lowest BCUT2D eigenvalue weighted by Crippen LogP contribution is -2.40. The molecule has 9 nitrogen and oxygen atoms in total. The highest BCUT2D eigenvalue weighted by Gasteiger charge is 2.30. The number of hydrogen-bond acceptors (Lipinski definition) is 8. The Labute approximate surface area is 155 Å². The molecule has 0 N–H and O–H groups in total. The van der Waals surface area contributed by atoms with Crippen LogP contribution in [0.1, 0.15) is 0 Å². The predicted octanol–water partition coefficient (Wildman–Crippen LogP) is 2.03. The molecule has 0 saturated carbocycles. The van der Waals surface area contributed by atoms with E-state index in [9.17, 15) is 8.42 Å². The monoisotopic (exact) mass is 391 g/mol. The Balaban J connectivity index is 1.62. The van der Waals surface area contributed by atoms with Crippen LogP contribution in [0.3, 0.4) is 0 Å². The fourth-order valence-electron chi connectivity index (χ4n) is 2.75. The molecule has 4 rings (SSSR count). The van der Waals surface area contributed by atoms with Gasteiger partial charge in [-0.15, -0.1) is 0 Å². The Morgan fingerprint density at radius 2 is 1.89 bits per heavy atom. The number of methoxy groups -OCH3 is 1. The van der Waals surface area contributed by atoms with Gasteiger partial charge in [0.15, 0.2) is 5.76 Å². The number of para-hydroxylation sites is 1. The molecule has 3 heterocycles. The maximum atomic E-state index is 12.6. The minimum atomic E-state index is -3.73. The molecule has 0 atom stereocenters. The van der Waals surface area contributed by atoms with Gasteiger partial charge in [0.1, 0.15) is 5.75 Å². The Morgan fingerprint density at radius 3 is 2.67 bits per heavy atom. The normalized spacial score (nSPS) is 15.7. The van der Waals surface area contributed by atoms with Gasteiger partial charge in [0, 0.05) is 13.1 Å². The predicted molar refractivity (Wildman–Crippen MR) is 93.6 cm³/mol. The Kier molecular flexibility index (Phi) is 4.68.